The van der Waals surface area contributed by atoms with E-state index in [1.165, 1.54) is 12.1 Å². The Morgan fingerprint density at radius 3 is 2.54 bits per heavy atom. The van der Waals surface area contributed by atoms with Gasteiger partial charge < -0.3 is 27.2 Å². The molecular formula is C16H17N5O5. The number of hydrogen-bond donors (Lipinski definition) is 5. The topological polar surface area (TPSA) is 177 Å². The number of carbonyl (C=O) groups is 4. The molecule has 0 bridgehead atoms. The lowest BCUT2D eigenvalue weighted by Gasteiger charge is -2.13. The molecule has 1 unspecified atom stereocenters. The van der Waals surface area contributed by atoms with Crippen LogP contribution in [0.1, 0.15) is 16.8 Å². The third-order valence-electron chi connectivity index (χ3n) is 2.95. The van der Waals surface area contributed by atoms with Crippen LogP contribution >= 0.6 is 0 Å². The van der Waals surface area contributed by atoms with E-state index in [4.69, 9.17) is 23.0 Å². The van der Waals surface area contributed by atoms with Crippen LogP contribution in [0, 0.1) is 12.3 Å². The summed E-state index contributed by atoms with van der Waals surface area (Å²) >= 11 is 0. The molecule has 0 saturated carbocycles. The van der Waals surface area contributed by atoms with Crippen LogP contribution in [0.25, 0.3) is 0 Å². The summed E-state index contributed by atoms with van der Waals surface area (Å²) in [5.74, 6) is -1.97. The predicted molar refractivity (Wildman–Crippen MR) is 92.3 cm³/mol. The van der Waals surface area contributed by atoms with Crippen LogP contribution < -0.4 is 22.1 Å². The zero-order valence-corrected chi connectivity index (χ0v) is 13.6. The van der Waals surface area contributed by atoms with Crippen molar-refractivity contribution in [2.24, 2.45) is 16.5 Å². The van der Waals surface area contributed by atoms with Gasteiger partial charge in [-0.05, 0) is 24.1 Å². The Labute approximate surface area is 148 Å². The van der Waals surface area contributed by atoms with E-state index in [2.05, 4.69) is 15.6 Å². The summed E-state index contributed by atoms with van der Waals surface area (Å²) in [6.45, 7) is -0.487. The van der Waals surface area contributed by atoms with Crippen LogP contribution in [0.2, 0.25) is 0 Å². The van der Waals surface area contributed by atoms with E-state index in [0.29, 0.717) is 5.69 Å². The average Bonchev–Trinajstić information content (AvgIpc) is 2.57. The first-order valence-corrected chi connectivity index (χ1v) is 7.22. The van der Waals surface area contributed by atoms with E-state index in [9.17, 15) is 19.2 Å². The molecule has 136 valence electrons. The molecule has 0 spiro atoms. The molecule has 0 heterocycles. The summed E-state index contributed by atoms with van der Waals surface area (Å²) in [5, 5.41) is 13.2. The van der Waals surface area contributed by atoms with Gasteiger partial charge in [-0.2, -0.15) is 0 Å². The smallest absolute Gasteiger partial charge is 0.305 e. The molecule has 0 fully saturated rings. The summed E-state index contributed by atoms with van der Waals surface area (Å²) < 4.78 is 0. The van der Waals surface area contributed by atoms with Gasteiger partial charge in [0.1, 0.15) is 6.04 Å². The number of benzene rings is 1. The summed E-state index contributed by atoms with van der Waals surface area (Å²) in [7, 11) is 0. The molecule has 10 heteroatoms. The number of carbonyl (C=O) groups excluding carboxylic acids is 3. The van der Waals surface area contributed by atoms with Crippen LogP contribution in [0.3, 0.4) is 0 Å². The van der Waals surface area contributed by atoms with Crippen molar-refractivity contribution < 1.29 is 24.3 Å². The van der Waals surface area contributed by atoms with Crippen molar-refractivity contribution in [3.8, 4) is 12.3 Å². The number of nitrogens with zero attached hydrogens (tertiary/aromatic N) is 1. The molecule has 26 heavy (non-hydrogen) atoms. The van der Waals surface area contributed by atoms with Gasteiger partial charge in [0.15, 0.2) is 5.96 Å². The fourth-order valence-corrected chi connectivity index (χ4v) is 1.86. The molecule has 10 nitrogen and oxygen atoms in total. The fraction of sp³-hybridized carbons (Fsp3) is 0.188. The molecule has 1 aromatic rings. The van der Waals surface area contributed by atoms with Crippen molar-refractivity contribution in [3.63, 3.8) is 0 Å². The second-order valence-electron chi connectivity index (χ2n) is 5.00. The summed E-state index contributed by atoms with van der Waals surface area (Å²) in [6, 6.07) is 4.64. The number of carboxylic acids is 1. The second-order valence-corrected chi connectivity index (χ2v) is 5.00. The lowest BCUT2D eigenvalue weighted by Crippen LogP contribution is -2.46. The van der Waals surface area contributed by atoms with E-state index < -0.39 is 42.6 Å². The molecule has 1 aromatic carbocycles. The first kappa shape index (κ1) is 20.2. The molecule has 0 aliphatic heterocycles. The SMILES string of the molecule is C#CC(=O)C(CC(=O)O)NC(=O)CNC(=O)c1cccc(N=C(N)N)c1. The number of aliphatic carboxylic acids is 1. The maximum absolute atomic E-state index is 12.0. The Balaban J connectivity index is 2.67. The third-order valence-corrected chi connectivity index (χ3v) is 2.95. The molecule has 0 aliphatic rings. The summed E-state index contributed by atoms with van der Waals surface area (Å²) in [6.07, 6.45) is 4.27. The van der Waals surface area contributed by atoms with Gasteiger partial charge >= 0.3 is 5.97 Å². The van der Waals surface area contributed by atoms with Crippen molar-refractivity contribution in [1.82, 2.24) is 10.6 Å². The van der Waals surface area contributed by atoms with Gasteiger partial charge in [0.25, 0.3) is 5.91 Å². The summed E-state index contributed by atoms with van der Waals surface area (Å²) in [5.41, 5.74) is 11.1. The van der Waals surface area contributed by atoms with E-state index in [0.717, 1.165) is 0 Å². The van der Waals surface area contributed by atoms with Crippen molar-refractivity contribution in [2.45, 2.75) is 12.5 Å². The van der Waals surface area contributed by atoms with Crippen LogP contribution in [0.5, 0.6) is 0 Å². The number of aliphatic imine (C=N–C) groups is 1. The van der Waals surface area contributed by atoms with E-state index in [1.54, 1.807) is 18.1 Å². The minimum atomic E-state index is -1.37. The Morgan fingerprint density at radius 1 is 1.27 bits per heavy atom. The molecule has 0 aromatic heterocycles. The van der Waals surface area contributed by atoms with Crippen molar-refractivity contribution in [1.29, 1.82) is 0 Å². The van der Waals surface area contributed by atoms with Gasteiger partial charge in [0.05, 0.1) is 18.7 Å². The third kappa shape index (κ3) is 6.71. The number of ketones is 1. The fourth-order valence-electron chi connectivity index (χ4n) is 1.86. The van der Waals surface area contributed by atoms with Crippen LogP contribution in [-0.4, -0.2) is 47.2 Å². The van der Waals surface area contributed by atoms with Crippen molar-refractivity contribution >= 4 is 35.2 Å². The number of nitrogens with two attached hydrogens (primary N) is 2. The molecular weight excluding hydrogens is 342 g/mol. The standard InChI is InChI=1S/C16H17N5O5/c1-2-12(22)11(7-14(24)25)21-13(23)8-19-15(26)9-4-3-5-10(6-9)20-16(17)18/h1,3-6,11H,7-8H2,(H,19,26)(H,21,23)(H,24,25)(H4,17,18,20). The van der Waals surface area contributed by atoms with Gasteiger partial charge in [0.2, 0.25) is 11.7 Å². The first-order chi connectivity index (χ1) is 12.2. The van der Waals surface area contributed by atoms with E-state index in [1.807, 2.05) is 0 Å². The Kier molecular flexibility index (Phi) is 7.32. The average molecular weight is 359 g/mol. The largest absolute Gasteiger partial charge is 0.481 e. The predicted octanol–water partition coefficient (Wildman–Crippen LogP) is -1.52. The highest BCUT2D eigenvalue weighted by atomic mass is 16.4. The molecule has 1 rings (SSSR count). The molecule has 0 radical (unpaired) electrons. The Morgan fingerprint density at radius 2 is 1.96 bits per heavy atom. The summed E-state index contributed by atoms with van der Waals surface area (Å²) in [4.78, 5) is 49.8. The molecule has 0 aliphatic carbocycles. The normalized spacial score (nSPS) is 10.7. The lowest BCUT2D eigenvalue weighted by atomic mass is 10.1. The number of guanidine groups is 1. The van der Waals surface area contributed by atoms with E-state index in [-0.39, 0.29) is 11.5 Å². The first-order valence-electron chi connectivity index (χ1n) is 7.22. The Hall–Kier alpha value is -3.87. The van der Waals surface area contributed by atoms with Gasteiger partial charge in [-0.3, -0.25) is 19.2 Å². The monoisotopic (exact) mass is 359 g/mol. The number of Topliss-reactive ketones (excluding diaryl/α,β-unsaturated/α-hetero) is 1. The number of nitrogens with one attached hydrogen (secondary N) is 2. The quantitative estimate of drug-likeness (QED) is 0.162. The number of terminal acetylenes is 1. The van der Waals surface area contributed by atoms with Crippen LogP contribution in [0.4, 0.5) is 5.69 Å². The van der Waals surface area contributed by atoms with Gasteiger partial charge in [-0.15, -0.1) is 6.42 Å². The van der Waals surface area contributed by atoms with Crippen LogP contribution in [-0.2, 0) is 14.4 Å². The minimum Gasteiger partial charge on any atom is -0.481 e. The Bertz CT molecular complexity index is 792. The maximum atomic E-state index is 12.0. The zero-order chi connectivity index (χ0) is 19.7. The number of rotatable bonds is 8. The second kappa shape index (κ2) is 9.43. The highest BCUT2D eigenvalue weighted by Gasteiger charge is 2.22. The number of carboxylic acid groups (broad SMARTS) is 1. The maximum Gasteiger partial charge on any atom is 0.305 e. The van der Waals surface area contributed by atoms with E-state index >= 15 is 0 Å². The van der Waals surface area contributed by atoms with Crippen LogP contribution in [0.15, 0.2) is 29.3 Å². The highest BCUT2D eigenvalue weighted by molar-refractivity contribution is 6.03. The van der Waals surface area contributed by atoms with Crippen molar-refractivity contribution in [3.05, 3.63) is 29.8 Å². The van der Waals surface area contributed by atoms with Gasteiger partial charge in [0, 0.05) is 5.56 Å². The van der Waals surface area contributed by atoms with Gasteiger partial charge in [-0.25, -0.2) is 4.99 Å². The molecule has 1 atom stereocenters. The molecule has 0 saturated heterocycles. The lowest BCUT2D eigenvalue weighted by molar-refractivity contribution is -0.139. The molecule has 2 amide bonds. The number of amides is 2. The zero-order valence-electron chi connectivity index (χ0n) is 13.6. The number of hydrogen-bond acceptors (Lipinski definition) is 5. The highest BCUT2D eigenvalue weighted by Crippen LogP contribution is 2.13. The van der Waals surface area contributed by atoms with Crippen molar-refractivity contribution in [2.75, 3.05) is 6.54 Å². The van der Waals surface area contributed by atoms with Gasteiger partial charge in [-0.1, -0.05) is 6.07 Å². The minimum absolute atomic E-state index is 0.176. The molecule has 7 N–H and O–H groups in total.